The van der Waals surface area contributed by atoms with Crippen LogP contribution in [0.15, 0.2) is 54.7 Å². The molecule has 1 aliphatic heterocycles. The normalized spacial score (nSPS) is 15.5. The van der Waals surface area contributed by atoms with Crippen LogP contribution in [-0.4, -0.2) is 38.6 Å². The van der Waals surface area contributed by atoms with Crippen LogP contribution in [0.25, 0.3) is 0 Å². The third kappa shape index (κ3) is 3.87. The van der Waals surface area contributed by atoms with Crippen molar-refractivity contribution in [3.8, 4) is 11.5 Å². The van der Waals surface area contributed by atoms with Crippen molar-refractivity contribution in [2.75, 3.05) is 6.79 Å². The molecule has 1 amide bonds. The molecule has 0 N–H and O–H groups in total. The summed E-state index contributed by atoms with van der Waals surface area (Å²) in [6.07, 6.45) is 6.09. The van der Waals surface area contributed by atoms with Crippen LogP contribution in [0.2, 0.25) is 0 Å². The van der Waals surface area contributed by atoms with E-state index < -0.39 is 0 Å². The number of rotatable bonds is 6. The SMILES string of the molecule is O=C(c1cn(Cc2ccccc2)nn1)N(Cc1ccc2c(c1)OCO2)C1CCCC1. The highest BCUT2D eigenvalue weighted by Gasteiger charge is 2.29. The topological polar surface area (TPSA) is 69.5 Å². The Morgan fingerprint density at radius 3 is 2.67 bits per heavy atom. The second-order valence-corrected chi connectivity index (χ2v) is 7.85. The first-order chi connectivity index (χ1) is 14.8. The summed E-state index contributed by atoms with van der Waals surface area (Å²) in [7, 11) is 0. The van der Waals surface area contributed by atoms with Crippen molar-refractivity contribution in [2.24, 2.45) is 0 Å². The van der Waals surface area contributed by atoms with Crippen LogP contribution in [0.3, 0.4) is 0 Å². The van der Waals surface area contributed by atoms with Crippen molar-refractivity contribution < 1.29 is 14.3 Å². The number of carbonyl (C=O) groups excluding carboxylic acids is 1. The molecule has 0 atom stereocenters. The molecular formula is C23H24N4O3. The van der Waals surface area contributed by atoms with E-state index in [0.717, 1.165) is 48.3 Å². The maximum atomic E-state index is 13.4. The average molecular weight is 404 g/mol. The van der Waals surface area contributed by atoms with Crippen molar-refractivity contribution >= 4 is 5.91 Å². The number of aromatic nitrogens is 3. The monoisotopic (exact) mass is 404 g/mol. The number of amides is 1. The molecule has 0 spiro atoms. The Morgan fingerprint density at radius 2 is 1.83 bits per heavy atom. The number of carbonyl (C=O) groups is 1. The van der Waals surface area contributed by atoms with E-state index in [4.69, 9.17) is 9.47 Å². The minimum Gasteiger partial charge on any atom is -0.454 e. The molecule has 30 heavy (non-hydrogen) atoms. The van der Waals surface area contributed by atoms with Gasteiger partial charge < -0.3 is 14.4 Å². The first-order valence-corrected chi connectivity index (χ1v) is 10.4. The van der Waals surface area contributed by atoms with Gasteiger partial charge in [0.05, 0.1) is 12.7 Å². The molecule has 1 fully saturated rings. The number of benzene rings is 2. The van der Waals surface area contributed by atoms with Gasteiger partial charge in [0.2, 0.25) is 6.79 Å². The van der Waals surface area contributed by atoms with Crippen LogP contribution in [0, 0.1) is 0 Å². The fourth-order valence-electron chi connectivity index (χ4n) is 4.21. The lowest BCUT2D eigenvalue weighted by atomic mass is 10.1. The van der Waals surface area contributed by atoms with Gasteiger partial charge in [-0.15, -0.1) is 5.10 Å². The molecule has 0 saturated heterocycles. The Kier molecular flexibility index (Phi) is 5.09. The zero-order valence-electron chi connectivity index (χ0n) is 16.7. The first kappa shape index (κ1) is 18.7. The van der Waals surface area contributed by atoms with E-state index in [9.17, 15) is 4.79 Å². The molecule has 7 nitrogen and oxygen atoms in total. The van der Waals surface area contributed by atoms with Gasteiger partial charge in [-0.2, -0.15) is 0 Å². The second kappa shape index (κ2) is 8.18. The maximum Gasteiger partial charge on any atom is 0.276 e. The van der Waals surface area contributed by atoms with E-state index in [-0.39, 0.29) is 18.7 Å². The Labute approximate surface area is 175 Å². The summed E-state index contributed by atoms with van der Waals surface area (Å²) in [6, 6.07) is 16.1. The summed E-state index contributed by atoms with van der Waals surface area (Å²) < 4.78 is 12.6. The number of fused-ring (bicyclic) bond motifs is 1. The quantitative estimate of drug-likeness (QED) is 0.627. The lowest BCUT2D eigenvalue weighted by Gasteiger charge is -2.28. The number of ether oxygens (including phenoxy) is 2. The summed E-state index contributed by atoms with van der Waals surface area (Å²) >= 11 is 0. The molecule has 3 aromatic rings. The third-order valence-corrected chi connectivity index (χ3v) is 5.76. The zero-order valence-corrected chi connectivity index (χ0v) is 16.7. The predicted octanol–water partition coefficient (Wildman–Crippen LogP) is 3.64. The van der Waals surface area contributed by atoms with Crippen LogP contribution in [0.5, 0.6) is 11.5 Å². The average Bonchev–Trinajstić information content (AvgIpc) is 3.53. The van der Waals surface area contributed by atoms with Gasteiger partial charge in [-0.3, -0.25) is 4.79 Å². The molecular weight excluding hydrogens is 380 g/mol. The van der Waals surface area contributed by atoms with E-state index in [2.05, 4.69) is 10.3 Å². The number of hydrogen-bond acceptors (Lipinski definition) is 5. The highest BCUT2D eigenvalue weighted by molar-refractivity contribution is 5.92. The fraction of sp³-hybridized carbons (Fsp3) is 0.348. The summed E-state index contributed by atoms with van der Waals surface area (Å²) in [6.45, 7) is 1.35. The first-order valence-electron chi connectivity index (χ1n) is 10.4. The molecule has 0 bridgehead atoms. The van der Waals surface area contributed by atoms with Crippen molar-refractivity contribution in [1.29, 1.82) is 0 Å². The minimum absolute atomic E-state index is 0.0705. The van der Waals surface area contributed by atoms with Crippen molar-refractivity contribution in [3.05, 3.63) is 71.5 Å². The van der Waals surface area contributed by atoms with E-state index in [1.807, 2.05) is 53.4 Å². The summed E-state index contributed by atoms with van der Waals surface area (Å²) in [5, 5.41) is 8.36. The van der Waals surface area contributed by atoms with Crippen molar-refractivity contribution in [2.45, 2.75) is 44.8 Å². The molecule has 2 heterocycles. The van der Waals surface area contributed by atoms with Gasteiger partial charge in [-0.25, -0.2) is 4.68 Å². The van der Waals surface area contributed by atoms with Crippen molar-refractivity contribution in [3.63, 3.8) is 0 Å². The zero-order chi connectivity index (χ0) is 20.3. The number of hydrogen-bond donors (Lipinski definition) is 0. The van der Waals surface area contributed by atoms with Crippen LogP contribution in [0.1, 0.15) is 47.3 Å². The summed E-state index contributed by atoms with van der Waals surface area (Å²) in [4.78, 5) is 15.3. The standard InChI is InChI=1S/C23H24N4O3/c28-23(20-15-26(25-24-20)13-17-6-2-1-3-7-17)27(19-8-4-5-9-19)14-18-10-11-21-22(12-18)30-16-29-21/h1-3,6-7,10-12,15,19H,4-5,8-9,13-14,16H2. The molecule has 5 rings (SSSR count). The minimum atomic E-state index is -0.0705. The van der Waals surface area contributed by atoms with Gasteiger partial charge in [0.1, 0.15) is 0 Å². The van der Waals surface area contributed by atoms with Gasteiger partial charge in [-0.1, -0.05) is 54.5 Å². The van der Waals surface area contributed by atoms with Crippen LogP contribution in [0.4, 0.5) is 0 Å². The van der Waals surface area contributed by atoms with Gasteiger partial charge in [-0.05, 0) is 36.1 Å². The fourth-order valence-corrected chi connectivity index (χ4v) is 4.21. The molecule has 154 valence electrons. The maximum absolute atomic E-state index is 13.4. The molecule has 2 aromatic carbocycles. The lowest BCUT2D eigenvalue weighted by Crippen LogP contribution is -2.38. The molecule has 2 aliphatic rings. The largest absolute Gasteiger partial charge is 0.454 e. The van der Waals surface area contributed by atoms with Crippen LogP contribution < -0.4 is 9.47 Å². The lowest BCUT2D eigenvalue weighted by molar-refractivity contribution is 0.0658. The van der Waals surface area contributed by atoms with Crippen molar-refractivity contribution in [1.82, 2.24) is 19.9 Å². The molecule has 1 saturated carbocycles. The Balaban J connectivity index is 1.36. The van der Waals surface area contributed by atoms with Gasteiger partial charge in [0.15, 0.2) is 17.2 Å². The Hall–Kier alpha value is -3.35. The highest BCUT2D eigenvalue weighted by atomic mass is 16.7. The second-order valence-electron chi connectivity index (χ2n) is 7.85. The highest BCUT2D eigenvalue weighted by Crippen LogP contribution is 2.34. The van der Waals surface area contributed by atoms with Gasteiger partial charge in [0.25, 0.3) is 5.91 Å². The Bertz CT molecular complexity index is 1030. The van der Waals surface area contributed by atoms with E-state index >= 15 is 0 Å². The molecule has 1 aromatic heterocycles. The predicted molar refractivity (Wildman–Crippen MR) is 110 cm³/mol. The molecule has 0 unspecified atom stereocenters. The van der Waals surface area contributed by atoms with E-state index in [0.29, 0.717) is 18.8 Å². The number of nitrogens with zero attached hydrogens (tertiary/aromatic N) is 4. The smallest absolute Gasteiger partial charge is 0.276 e. The van der Waals surface area contributed by atoms with Gasteiger partial charge >= 0.3 is 0 Å². The molecule has 0 radical (unpaired) electrons. The van der Waals surface area contributed by atoms with E-state index in [1.165, 1.54) is 0 Å². The summed E-state index contributed by atoms with van der Waals surface area (Å²) in [5.74, 6) is 1.42. The summed E-state index contributed by atoms with van der Waals surface area (Å²) in [5.41, 5.74) is 2.53. The third-order valence-electron chi connectivity index (χ3n) is 5.76. The van der Waals surface area contributed by atoms with Crippen LogP contribution in [-0.2, 0) is 13.1 Å². The molecule has 1 aliphatic carbocycles. The van der Waals surface area contributed by atoms with Gasteiger partial charge in [0, 0.05) is 12.6 Å². The Morgan fingerprint density at radius 1 is 1.03 bits per heavy atom. The van der Waals surface area contributed by atoms with E-state index in [1.54, 1.807) is 10.9 Å². The van der Waals surface area contributed by atoms with Crippen LogP contribution >= 0.6 is 0 Å². The molecule has 7 heteroatoms.